The molecule has 0 saturated heterocycles. The topological polar surface area (TPSA) is 29.3 Å². The zero-order valence-corrected chi connectivity index (χ0v) is 11.1. The molecule has 0 aliphatic carbocycles. The average molecular weight is 220 g/mol. The second-order valence-corrected chi connectivity index (χ2v) is 5.24. The molecule has 0 saturated carbocycles. The molecule has 2 heteroatoms. The van der Waals surface area contributed by atoms with Crippen LogP contribution in [0.5, 0.6) is 0 Å². The highest BCUT2D eigenvalue weighted by atomic mass is 15.2. The van der Waals surface area contributed by atoms with Gasteiger partial charge in [-0.3, -0.25) is 0 Å². The highest BCUT2D eigenvalue weighted by molar-refractivity contribution is 5.58. The summed E-state index contributed by atoms with van der Waals surface area (Å²) in [4.78, 5) is 2.41. The molecule has 1 aromatic carbocycles. The van der Waals surface area contributed by atoms with Crippen molar-refractivity contribution in [1.82, 2.24) is 0 Å². The van der Waals surface area contributed by atoms with E-state index in [-0.39, 0.29) is 0 Å². The van der Waals surface area contributed by atoms with Crippen molar-refractivity contribution in [2.75, 3.05) is 17.2 Å². The van der Waals surface area contributed by atoms with Crippen molar-refractivity contribution >= 4 is 11.4 Å². The van der Waals surface area contributed by atoms with Gasteiger partial charge in [-0.1, -0.05) is 13.8 Å². The van der Waals surface area contributed by atoms with Gasteiger partial charge in [0, 0.05) is 24.0 Å². The number of hydrogen-bond donors (Lipinski definition) is 1. The first-order valence-corrected chi connectivity index (χ1v) is 6.04. The summed E-state index contributed by atoms with van der Waals surface area (Å²) in [6.07, 6.45) is 0. The van der Waals surface area contributed by atoms with Gasteiger partial charge in [-0.15, -0.1) is 0 Å². The summed E-state index contributed by atoms with van der Waals surface area (Å²) in [5.41, 5.74) is 9.22. The number of rotatable bonds is 4. The van der Waals surface area contributed by atoms with Crippen LogP contribution in [0.25, 0.3) is 0 Å². The van der Waals surface area contributed by atoms with Gasteiger partial charge >= 0.3 is 0 Å². The van der Waals surface area contributed by atoms with E-state index >= 15 is 0 Å². The van der Waals surface area contributed by atoms with Gasteiger partial charge in [0.05, 0.1) is 0 Å². The molecule has 0 spiro atoms. The molecule has 0 atom stereocenters. The molecule has 2 N–H and O–H groups in total. The van der Waals surface area contributed by atoms with Crippen LogP contribution in [-0.4, -0.2) is 12.6 Å². The minimum atomic E-state index is 0.503. The molecule has 0 heterocycles. The Balaban J connectivity index is 3.00. The van der Waals surface area contributed by atoms with Gasteiger partial charge in [0.15, 0.2) is 0 Å². The van der Waals surface area contributed by atoms with Gasteiger partial charge in [0.25, 0.3) is 0 Å². The van der Waals surface area contributed by atoms with E-state index in [1.807, 2.05) is 6.07 Å². The fourth-order valence-electron chi connectivity index (χ4n) is 1.97. The first-order chi connectivity index (χ1) is 7.40. The van der Waals surface area contributed by atoms with Crippen LogP contribution in [0.4, 0.5) is 11.4 Å². The Labute approximate surface area is 99.5 Å². The zero-order valence-electron chi connectivity index (χ0n) is 11.1. The van der Waals surface area contributed by atoms with Gasteiger partial charge in [0.2, 0.25) is 0 Å². The van der Waals surface area contributed by atoms with Gasteiger partial charge in [0.1, 0.15) is 0 Å². The van der Waals surface area contributed by atoms with Gasteiger partial charge in [-0.2, -0.15) is 0 Å². The SMILES string of the molecule is Cc1cc(N)cc(N(CC(C)C)C(C)C)c1. The third-order valence-corrected chi connectivity index (χ3v) is 2.60. The standard InChI is InChI=1S/C14H24N2/c1-10(2)9-16(11(3)4)14-7-12(5)6-13(15)8-14/h6-8,10-11H,9,15H2,1-5H3. The number of aryl methyl sites for hydroxylation is 1. The molecule has 0 aliphatic rings. The minimum Gasteiger partial charge on any atom is -0.399 e. The predicted octanol–water partition coefficient (Wildman–Crippen LogP) is 3.45. The Morgan fingerprint density at radius 2 is 1.75 bits per heavy atom. The molecule has 2 nitrogen and oxygen atoms in total. The molecule has 0 unspecified atom stereocenters. The van der Waals surface area contributed by atoms with E-state index < -0.39 is 0 Å². The van der Waals surface area contributed by atoms with Crippen LogP contribution < -0.4 is 10.6 Å². The summed E-state index contributed by atoms with van der Waals surface area (Å²) < 4.78 is 0. The molecule has 0 aliphatic heterocycles. The monoisotopic (exact) mass is 220 g/mol. The molecule has 0 amide bonds. The van der Waals surface area contributed by atoms with Crippen molar-refractivity contribution in [2.45, 2.75) is 40.7 Å². The molecule has 90 valence electrons. The fraction of sp³-hybridized carbons (Fsp3) is 0.571. The summed E-state index contributed by atoms with van der Waals surface area (Å²) in [6, 6.07) is 6.79. The molecule has 16 heavy (non-hydrogen) atoms. The van der Waals surface area contributed by atoms with E-state index in [0.29, 0.717) is 12.0 Å². The molecule has 0 aromatic heterocycles. The van der Waals surface area contributed by atoms with Crippen molar-refractivity contribution in [3.8, 4) is 0 Å². The zero-order chi connectivity index (χ0) is 12.3. The molecule has 0 radical (unpaired) electrons. The number of anilines is 2. The Kier molecular flexibility index (Phi) is 4.22. The van der Waals surface area contributed by atoms with E-state index in [2.05, 4.69) is 51.7 Å². The van der Waals surface area contributed by atoms with Gasteiger partial charge in [-0.05, 0) is 50.5 Å². The van der Waals surface area contributed by atoms with Crippen LogP contribution in [0, 0.1) is 12.8 Å². The Bertz CT molecular complexity index is 322. The third-order valence-electron chi connectivity index (χ3n) is 2.60. The fourth-order valence-corrected chi connectivity index (χ4v) is 1.97. The third kappa shape index (κ3) is 3.44. The van der Waals surface area contributed by atoms with Crippen LogP contribution in [0.2, 0.25) is 0 Å². The highest BCUT2D eigenvalue weighted by Crippen LogP contribution is 2.23. The van der Waals surface area contributed by atoms with Crippen LogP contribution in [0.1, 0.15) is 33.3 Å². The lowest BCUT2D eigenvalue weighted by molar-refractivity contribution is 0.571. The molecular formula is C14H24N2. The van der Waals surface area contributed by atoms with Crippen LogP contribution >= 0.6 is 0 Å². The van der Waals surface area contributed by atoms with Crippen molar-refractivity contribution in [2.24, 2.45) is 5.92 Å². The van der Waals surface area contributed by atoms with Crippen LogP contribution in [0.3, 0.4) is 0 Å². The number of nitrogens with zero attached hydrogens (tertiary/aromatic N) is 1. The number of benzene rings is 1. The molecule has 0 bridgehead atoms. The lowest BCUT2D eigenvalue weighted by atomic mass is 10.1. The summed E-state index contributed by atoms with van der Waals surface area (Å²) in [6.45, 7) is 12.1. The molecule has 1 aromatic rings. The maximum absolute atomic E-state index is 5.90. The van der Waals surface area contributed by atoms with Crippen LogP contribution in [-0.2, 0) is 0 Å². The maximum atomic E-state index is 5.90. The summed E-state index contributed by atoms with van der Waals surface area (Å²) in [7, 11) is 0. The normalized spacial score (nSPS) is 11.2. The van der Waals surface area contributed by atoms with Crippen LogP contribution in [0.15, 0.2) is 18.2 Å². The number of nitrogens with two attached hydrogens (primary N) is 1. The van der Waals surface area contributed by atoms with E-state index in [4.69, 9.17) is 5.73 Å². The highest BCUT2D eigenvalue weighted by Gasteiger charge is 2.12. The number of nitrogen functional groups attached to an aromatic ring is 1. The van der Waals surface area contributed by atoms with Crippen molar-refractivity contribution < 1.29 is 0 Å². The summed E-state index contributed by atoms with van der Waals surface area (Å²) >= 11 is 0. The Morgan fingerprint density at radius 3 is 2.19 bits per heavy atom. The van der Waals surface area contributed by atoms with Gasteiger partial charge < -0.3 is 10.6 Å². The lowest BCUT2D eigenvalue weighted by Gasteiger charge is -2.31. The quantitative estimate of drug-likeness (QED) is 0.787. The predicted molar refractivity (Wildman–Crippen MR) is 72.9 cm³/mol. The largest absolute Gasteiger partial charge is 0.399 e. The Morgan fingerprint density at radius 1 is 1.12 bits per heavy atom. The van der Waals surface area contributed by atoms with E-state index in [1.165, 1.54) is 11.3 Å². The minimum absolute atomic E-state index is 0.503. The maximum Gasteiger partial charge on any atom is 0.0391 e. The van der Waals surface area contributed by atoms with E-state index in [0.717, 1.165) is 12.2 Å². The van der Waals surface area contributed by atoms with Crippen molar-refractivity contribution in [3.63, 3.8) is 0 Å². The first-order valence-electron chi connectivity index (χ1n) is 6.04. The number of hydrogen-bond acceptors (Lipinski definition) is 2. The van der Waals surface area contributed by atoms with Gasteiger partial charge in [-0.25, -0.2) is 0 Å². The van der Waals surface area contributed by atoms with E-state index in [1.54, 1.807) is 0 Å². The molecule has 1 rings (SSSR count). The Hall–Kier alpha value is -1.18. The van der Waals surface area contributed by atoms with Crippen molar-refractivity contribution in [1.29, 1.82) is 0 Å². The summed E-state index contributed by atoms with van der Waals surface area (Å²) in [5.74, 6) is 0.657. The summed E-state index contributed by atoms with van der Waals surface area (Å²) in [5, 5.41) is 0. The molecular weight excluding hydrogens is 196 g/mol. The lowest BCUT2D eigenvalue weighted by Crippen LogP contribution is -2.34. The second kappa shape index (κ2) is 5.24. The molecule has 0 fully saturated rings. The average Bonchev–Trinajstić information content (AvgIpc) is 2.11. The van der Waals surface area contributed by atoms with Crippen molar-refractivity contribution in [3.05, 3.63) is 23.8 Å². The first kappa shape index (κ1) is 12.9. The van der Waals surface area contributed by atoms with E-state index in [9.17, 15) is 0 Å². The smallest absolute Gasteiger partial charge is 0.0391 e. The second-order valence-electron chi connectivity index (χ2n) is 5.24.